The molecule has 1 aliphatic carbocycles. The van der Waals surface area contributed by atoms with Crippen LogP contribution in [0.15, 0.2) is 59.8 Å². The molecule has 0 heterocycles. The summed E-state index contributed by atoms with van der Waals surface area (Å²) in [4.78, 5) is 0. The number of allylic oxidation sites excluding steroid dienone is 9. The first-order valence-electron chi connectivity index (χ1n) is 15.8. The van der Waals surface area contributed by atoms with E-state index in [0.717, 1.165) is 30.6 Å². The average Bonchev–Trinajstić information content (AvgIpc) is 2.90. The van der Waals surface area contributed by atoms with Crippen molar-refractivity contribution < 1.29 is 0 Å². The summed E-state index contributed by atoms with van der Waals surface area (Å²) < 4.78 is 0. The molecule has 0 aromatic heterocycles. The molecule has 0 saturated heterocycles. The smallest absolute Gasteiger partial charge is 0.00111 e. The van der Waals surface area contributed by atoms with Gasteiger partial charge >= 0.3 is 0 Å². The fourth-order valence-electron chi connectivity index (χ4n) is 5.53. The quantitative estimate of drug-likeness (QED) is 0.120. The van der Waals surface area contributed by atoms with Crippen molar-refractivity contribution in [2.45, 2.75) is 140 Å². The molecule has 0 aromatic rings. The Labute approximate surface area is 229 Å². The van der Waals surface area contributed by atoms with Crippen LogP contribution in [0, 0.1) is 29.6 Å². The second-order valence-corrected chi connectivity index (χ2v) is 10.4. The summed E-state index contributed by atoms with van der Waals surface area (Å²) >= 11 is 0. The van der Waals surface area contributed by atoms with E-state index >= 15 is 0 Å². The maximum atomic E-state index is 3.93. The first kappa shape index (κ1) is 36.9. The third kappa shape index (κ3) is 14.4. The zero-order valence-electron chi connectivity index (χ0n) is 26.6. The highest BCUT2D eigenvalue weighted by Gasteiger charge is 2.35. The van der Waals surface area contributed by atoms with Gasteiger partial charge in [0.15, 0.2) is 0 Å². The molecule has 1 rings (SSSR count). The number of rotatable bonds is 15. The fourth-order valence-corrected chi connectivity index (χ4v) is 5.53. The third-order valence-corrected chi connectivity index (χ3v) is 7.45. The van der Waals surface area contributed by atoms with Gasteiger partial charge in [-0.1, -0.05) is 129 Å². The van der Waals surface area contributed by atoms with Gasteiger partial charge in [0, 0.05) is 5.92 Å². The van der Waals surface area contributed by atoms with Gasteiger partial charge in [-0.2, -0.15) is 0 Å². The van der Waals surface area contributed by atoms with Gasteiger partial charge in [-0.3, -0.25) is 0 Å². The van der Waals surface area contributed by atoms with Crippen LogP contribution in [0.1, 0.15) is 140 Å². The SMILES string of the molecule is C=CCCCCC1CC(C(C=C(CC)CC)CC)=CC(/C(C)=C/C=C\CC)C1CC(C)C.CC.CC. The lowest BCUT2D eigenvalue weighted by atomic mass is 9.64. The lowest BCUT2D eigenvalue weighted by Crippen LogP contribution is -2.31. The molecule has 0 N–H and O–H groups in total. The largest absolute Gasteiger partial charge is 0.103 e. The van der Waals surface area contributed by atoms with E-state index in [-0.39, 0.29) is 0 Å². The molecule has 0 heteroatoms. The van der Waals surface area contributed by atoms with Gasteiger partial charge in [0.05, 0.1) is 0 Å². The van der Waals surface area contributed by atoms with Crippen molar-refractivity contribution in [3.8, 4) is 0 Å². The molecule has 0 radical (unpaired) electrons. The predicted octanol–water partition coefficient (Wildman–Crippen LogP) is 12.7. The molecule has 4 atom stereocenters. The second-order valence-electron chi connectivity index (χ2n) is 10.4. The fraction of sp³-hybridized carbons (Fsp3) is 0.722. The van der Waals surface area contributed by atoms with Crippen LogP contribution in [-0.2, 0) is 0 Å². The molecule has 0 nitrogen and oxygen atoms in total. The Hall–Kier alpha value is -1.30. The maximum Gasteiger partial charge on any atom is 0.00111 e. The molecule has 0 bridgehead atoms. The molecule has 0 aromatic carbocycles. The Morgan fingerprint density at radius 2 is 1.67 bits per heavy atom. The summed E-state index contributed by atoms with van der Waals surface area (Å²) in [5, 5.41) is 0. The highest BCUT2D eigenvalue weighted by Crippen LogP contribution is 2.46. The molecule has 0 spiro atoms. The van der Waals surface area contributed by atoms with Crippen LogP contribution in [0.4, 0.5) is 0 Å². The molecule has 0 aliphatic heterocycles. The Morgan fingerprint density at radius 3 is 2.17 bits per heavy atom. The van der Waals surface area contributed by atoms with Crippen LogP contribution in [0.3, 0.4) is 0 Å². The Bertz CT molecular complexity index is 633. The monoisotopic (exact) mass is 499 g/mol. The van der Waals surface area contributed by atoms with Crippen LogP contribution in [0.2, 0.25) is 0 Å². The van der Waals surface area contributed by atoms with Crippen LogP contribution in [-0.4, -0.2) is 0 Å². The maximum absolute atomic E-state index is 3.93. The van der Waals surface area contributed by atoms with Crippen LogP contribution < -0.4 is 0 Å². The number of hydrogen-bond acceptors (Lipinski definition) is 0. The van der Waals surface area contributed by atoms with Crippen LogP contribution in [0.5, 0.6) is 0 Å². The molecule has 36 heavy (non-hydrogen) atoms. The zero-order valence-corrected chi connectivity index (χ0v) is 26.6. The van der Waals surface area contributed by atoms with E-state index in [2.05, 4.69) is 91.5 Å². The van der Waals surface area contributed by atoms with E-state index in [0.29, 0.717) is 11.8 Å². The van der Waals surface area contributed by atoms with Crippen molar-refractivity contribution in [1.82, 2.24) is 0 Å². The first-order chi connectivity index (χ1) is 17.4. The van der Waals surface area contributed by atoms with E-state index in [4.69, 9.17) is 0 Å². The lowest BCUT2D eigenvalue weighted by molar-refractivity contribution is 0.202. The van der Waals surface area contributed by atoms with Crippen molar-refractivity contribution in [2.24, 2.45) is 29.6 Å². The summed E-state index contributed by atoms with van der Waals surface area (Å²) in [6.07, 6.45) is 26.9. The average molecular weight is 499 g/mol. The standard InChI is InChI=1S/C32H54.2C2H6/c1-9-14-16-18-20-29-23-30(28(13-5)22-27(11-3)12-4)24-31(32(29)21-25(6)7)26(8)19-17-15-10-2;2*1-2/h9,15,17,19,22,24-25,28-29,31-32H,1,10-14,16,18,20-21,23H2,2-8H3;2*1-2H3/b17-15-,26-19+;;. The Balaban J connectivity index is 0. The minimum atomic E-state index is 0.584. The normalized spacial score (nSPS) is 20.6. The molecule has 210 valence electrons. The van der Waals surface area contributed by atoms with E-state index in [1.807, 2.05) is 27.7 Å². The Morgan fingerprint density at radius 1 is 1.03 bits per heavy atom. The Kier molecular flexibility index (Phi) is 24.6. The molecular formula is C36H66. The number of unbranched alkanes of at least 4 members (excludes halogenated alkanes) is 2. The number of hydrogen-bond donors (Lipinski definition) is 0. The van der Waals surface area contributed by atoms with Gasteiger partial charge in [0.2, 0.25) is 0 Å². The van der Waals surface area contributed by atoms with Crippen molar-refractivity contribution in [2.75, 3.05) is 0 Å². The molecular weight excluding hydrogens is 432 g/mol. The molecule has 0 saturated carbocycles. The van der Waals surface area contributed by atoms with Gasteiger partial charge in [0.1, 0.15) is 0 Å². The minimum Gasteiger partial charge on any atom is -0.103 e. The highest BCUT2D eigenvalue weighted by atomic mass is 14.4. The van der Waals surface area contributed by atoms with Gasteiger partial charge in [-0.25, -0.2) is 0 Å². The summed E-state index contributed by atoms with van der Waals surface area (Å²) in [7, 11) is 0. The molecule has 4 unspecified atom stereocenters. The summed E-state index contributed by atoms with van der Waals surface area (Å²) in [6, 6.07) is 0. The van der Waals surface area contributed by atoms with Crippen molar-refractivity contribution >= 4 is 0 Å². The van der Waals surface area contributed by atoms with Gasteiger partial charge in [0.25, 0.3) is 0 Å². The predicted molar refractivity (Wildman–Crippen MR) is 170 cm³/mol. The van der Waals surface area contributed by atoms with Crippen molar-refractivity contribution in [3.05, 3.63) is 59.8 Å². The highest BCUT2D eigenvalue weighted by molar-refractivity contribution is 5.28. The zero-order chi connectivity index (χ0) is 27.9. The second kappa shape index (κ2) is 24.1. The van der Waals surface area contributed by atoms with Crippen LogP contribution >= 0.6 is 0 Å². The molecule has 1 aliphatic rings. The van der Waals surface area contributed by atoms with Gasteiger partial charge in [-0.15, -0.1) is 6.58 Å². The lowest BCUT2D eigenvalue weighted by Gasteiger charge is -2.41. The van der Waals surface area contributed by atoms with E-state index in [9.17, 15) is 0 Å². The molecule has 0 fully saturated rings. The van der Waals surface area contributed by atoms with E-state index < -0.39 is 0 Å². The minimum absolute atomic E-state index is 0.584. The van der Waals surface area contributed by atoms with Gasteiger partial charge in [-0.05, 0) is 88.4 Å². The third-order valence-electron chi connectivity index (χ3n) is 7.45. The van der Waals surface area contributed by atoms with Crippen LogP contribution in [0.25, 0.3) is 0 Å². The summed E-state index contributed by atoms with van der Waals surface area (Å²) in [6.45, 7) is 28.4. The summed E-state index contributed by atoms with van der Waals surface area (Å²) in [5.74, 6) is 3.52. The molecule has 0 amide bonds. The van der Waals surface area contributed by atoms with E-state index in [1.165, 1.54) is 51.4 Å². The van der Waals surface area contributed by atoms with Gasteiger partial charge < -0.3 is 0 Å². The van der Waals surface area contributed by atoms with Crippen molar-refractivity contribution in [1.29, 1.82) is 0 Å². The summed E-state index contributed by atoms with van der Waals surface area (Å²) in [5.41, 5.74) is 4.90. The van der Waals surface area contributed by atoms with E-state index in [1.54, 1.807) is 16.7 Å². The topological polar surface area (TPSA) is 0 Å². The first-order valence-corrected chi connectivity index (χ1v) is 15.8. The van der Waals surface area contributed by atoms with Crippen molar-refractivity contribution in [3.63, 3.8) is 0 Å².